The van der Waals surface area contributed by atoms with Crippen LogP contribution in [0.4, 0.5) is 5.82 Å². The molecule has 28 heavy (non-hydrogen) atoms. The molecule has 1 aliphatic rings. The third-order valence-corrected chi connectivity index (χ3v) is 6.95. The molecule has 1 aromatic carbocycles. The Kier molecular flexibility index (Phi) is 5.90. The number of fused-ring (bicyclic) bond motifs is 1. The standard InChI is InChI=1S/C22H29N5S/c1-4-26-9-11-27(12-10-26)14-19-8-6-5-7-18(19)13-23-21-20-16(2)17(3)28-22(20)25-15-24-21/h5-8,15H,4,9-14H2,1-3H3,(H,23,24,25). The van der Waals surface area contributed by atoms with Gasteiger partial charge in [0.2, 0.25) is 0 Å². The minimum Gasteiger partial charge on any atom is -0.365 e. The molecule has 3 heterocycles. The van der Waals surface area contributed by atoms with Crippen LogP contribution < -0.4 is 5.32 Å². The van der Waals surface area contributed by atoms with Crippen molar-refractivity contribution in [3.05, 3.63) is 52.2 Å². The summed E-state index contributed by atoms with van der Waals surface area (Å²) in [6, 6.07) is 8.77. The highest BCUT2D eigenvalue weighted by Gasteiger charge is 2.17. The zero-order valence-corrected chi connectivity index (χ0v) is 17.9. The molecular formula is C22H29N5S. The van der Waals surface area contributed by atoms with Crippen molar-refractivity contribution in [3.63, 3.8) is 0 Å². The molecule has 6 heteroatoms. The molecule has 0 aliphatic carbocycles. The maximum absolute atomic E-state index is 4.53. The molecule has 0 unspecified atom stereocenters. The highest BCUT2D eigenvalue weighted by molar-refractivity contribution is 7.18. The second-order valence-electron chi connectivity index (χ2n) is 7.52. The lowest BCUT2D eigenvalue weighted by molar-refractivity contribution is 0.131. The maximum Gasteiger partial charge on any atom is 0.138 e. The Balaban J connectivity index is 1.48. The monoisotopic (exact) mass is 395 g/mol. The van der Waals surface area contributed by atoms with E-state index in [4.69, 9.17) is 0 Å². The van der Waals surface area contributed by atoms with Crippen molar-refractivity contribution in [2.75, 3.05) is 38.0 Å². The predicted molar refractivity (Wildman–Crippen MR) is 118 cm³/mol. The second kappa shape index (κ2) is 8.55. The molecule has 3 aromatic rings. The first-order chi connectivity index (χ1) is 13.7. The molecule has 0 spiro atoms. The van der Waals surface area contributed by atoms with Gasteiger partial charge in [-0.25, -0.2) is 9.97 Å². The van der Waals surface area contributed by atoms with E-state index in [0.29, 0.717) is 0 Å². The topological polar surface area (TPSA) is 44.3 Å². The number of anilines is 1. The van der Waals surface area contributed by atoms with Crippen molar-refractivity contribution in [1.82, 2.24) is 19.8 Å². The molecule has 4 rings (SSSR count). The third-order valence-electron chi connectivity index (χ3n) is 5.84. The molecule has 5 nitrogen and oxygen atoms in total. The van der Waals surface area contributed by atoms with Crippen molar-refractivity contribution in [3.8, 4) is 0 Å². The summed E-state index contributed by atoms with van der Waals surface area (Å²) in [5, 5.41) is 4.75. The second-order valence-corrected chi connectivity index (χ2v) is 8.72. The fraction of sp³-hybridized carbons (Fsp3) is 0.455. The van der Waals surface area contributed by atoms with Gasteiger partial charge in [0.15, 0.2) is 0 Å². The highest BCUT2D eigenvalue weighted by Crippen LogP contribution is 2.32. The minimum atomic E-state index is 0.783. The van der Waals surface area contributed by atoms with Crippen LogP contribution in [0.3, 0.4) is 0 Å². The Bertz CT molecular complexity index is 943. The Hall–Kier alpha value is -2.02. The SMILES string of the molecule is CCN1CCN(Cc2ccccc2CNc2ncnc3sc(C)c(C)c23)CC1. The lowest BCUT2D eigenvalue weighted by Crippen LogP contribution is -2.45. The first-order valence-electron chi connectivity index (χ1n) is 10.1. The Labute approximate surface area is 171 Å². The average molecular weight is 396 g/mol. The quantitative estimate of drug-likeness (QED) is 0.682. The third kappa shape index (κ3) is 4.04. The van der Waals surface area contributed by atoms with Gasteiger partial charge in [-0.2, -0.15) is 0 Å². The first kappa shape index (κ1) is 19.3. The van der Waals surface area contributed by atoms with Gasteiger partial charge in [0.25, 0.3) is 0 Å². The van der Waals surface area contributed by atoms with Crippen LogP contribution in [0.2, 0.25) is 0 Å². The molecule has 1 fully saturated rings. The van der Waals surface area contributed by atoms with Crippen LogP contribution in [0.15, 0.2) is 30.6 Å². The molecule has 1 N–H and O–H groups in total. The number of aryl methyl sites for hydroxylation is 2. The molecular weight excluding hydrogens is 366 g/mol. The van der Waals surface area contributed by atoms with Gasteiger partial charge in [-0.1, -0.05) is 31.2 Å². The van der Waals surface area contributed by atoms with Crippen molar-refractivity contribution in [2.45, 2.75) is 33.9 Å². The van der Waals surface area contributed by atoms with E-state index in [2.05, 4.69) is 70.1 Å². The van der Waals surface area contributed by atoms with Gasteiger partial charge in [0, 0.05) is 44.1 Å². The number of likely N-dealkylation sites (N-methyl/N-ethyl adjacent to an activating group) is 1. The Morgan fingerprint density at radius 3 is 2.46 bits per heavy atom. The summed E-state index contributed by atoms with van der Waals surface area (Å²) in [6.45, 7) is 14.2. The van der Waals surface area contributed by atoms with Crippen LogP contribution in [0.1, 0.15) is 28.5 Å². The molecule has 0 amide bonds. The number of thiophene rings is 1. The summed E-state index contributed by atoms with van der Waals surface area (Å²) in [4.78, 5) is 16.4. The van der Waals surface area contributed by atoms with Gasteiger partial charge >= 0.3 is 0 Å². The van der Waals surface area contributed by atoms with E-state index in [0.717, 1.165) is 48.8 Å². The fourth-order valence-electron chi connectivity index (χ4n) is 3.88. The van der Waals surface area contributed by atoms with Crippen molar-refractivity contribution in [1.29, 1.82) is 0 Å². The lowest BCUT2D eigenvalue weighted by atomic mass is 10.1. The molecule has 2 aromatic heterocycles. The summed E-state index contributed by atoms with van der Waals surface area (Å²) in [7, 11) is 0. The van der Waals surface area contributed by atoms with E-state index in [9.17, 15) is 0 Å². The van der Waals surface area contributed by atoms with Gasteiger partial charge in [0.05, 0.1) is 5.39 Å². The van der Waals surface area contributed by atoms with Crippen LogP contribution in [-0.2, 0) is 13.1 Å². The van der Waals surface area contributed by atoms with E-state index in [-0.39, 0.29) is 0 Å². The number of rotatable bonds is 6. The molecule has 1 saturated heterocycles. The van der Waals surface area contributed by atoms with E-state index in [1.54, 1.807) is 17.7 Å². The molecule has 0 bridgehead atoms. The van der Waals surface area contributed by atoms with E-state index in [1.807, 2.05) is 0 Å². The first-order valence-corrected chi connectivity index (χ1v) is 10.9. The van der Waals surface area contributed by atoms with Gasteiger partial charge < -0.3 is 10.2 Å². The van der Waals surface area contributed by atoms with Gasteiger partial charge in [0.1, 0.15) is 17.0 Å². The Morgan fingerprint density at radius 2 is 1.71 bits per heavy atom. The van der Waals surface area contributed by atoms with E-state index < -0.39 is 0 Å². The molecule has 1 aliphatic heterocycles. The Morgan fingerprint density at radius 1 is 1.00 bits per heavy atom. The van der Waals surface area contributed by atoms with Crippen LogP contribution in [0, 0.1) is 13.8 Å². The zero-order valence-electron chi connectivity index (χ0n) is 17.0. The molecule has 0 saturated carbocycles. The number of aromatic nitrogens is 2. The number of nitrogens with zero attached hydrogens (tertiary/aromatic N) is 4. The van der Waals surface area contributed by atoms with Crippen molar-refractivity contribution in [2.24, 2.45) is 0 Å². The highest BCUT2D eigenvalue weighted by atomic mass is 32.1. The predicted octanol–water partition coefficient (Wildman–Crippen LogP) is 4.06. The van der Waals surface area contributed by atoms with Crippen LogP contribution >= 0.6 is 11.3 Å². The van der Waals surface area contributed by atoms with E-state index in [1.165, 1.54) is 34.7 Å². The van der Waals surface area contributed by atoms with Crippen molar-refractivity contribution < 1.29 is 0 Å². The zero-order chi connectivity index (χ0) is 19.5. The molecule has 0 radical (unpaired) electrons. The fourth-order valence-corrected chi connectivity index (χ4v) is 4.88. The number of nitrogens with one attached hydrogen (secondary N) is 1. The lowest BCUT2D eigenvalue weighted by Gasteiger charge is -2.34. The number of benzene rings is 1. The summed E-state index contributed by atoms with van der Waals surface area (Å²) < 4.78 is 0. The minimum absolute atomic E-state index is 0.783. The number of piperazine rings is 1. The van der Waals surface area contributed by atoms with Gasteiger partial charge in [-0.05, 0) is 37.1 Å². The van der Waals surface area contributed by atoms with Gasteiger partial charge in [-0.15, -0.1) is 11.3 Å². The molecule has 148 valence electrons. The smallest absolute Gasteiger partial charge is 0.138 e. The van der Waals surface area contributed by atoms with Crippen LogP contribution in [0.5, 0.6) is 0 Å². The number of hydrogen-bond donors (Lipinski definition) is 1. The average Bonchev–Trinajstić information content (AvgIpc) is 3.02. The van der Waals surface area contributed by atoms with Gasteiger partial charge in [-0.3, -0.25) is 4.90 Å². The normalized spacial score (nSPS) is 16.0. The summed E-state index contributed by atoms with van der Waals surface area (Å²) >= 11 is 1.74. The number of hydrogen-bond acceptors (Lipinski definition) is 6. The largest absolute Gasteiger partial charge is 0.365 e. The van der Waals surface area contributed by atoms with E-state index >= 15 is 0 Å². The van der Waals surface area contributed by atoms with Crippen molar-refractivity contribution >= 4 is 27.4 Å². The van der Waals surface area contributed by atoms with Crippen LogP contribution in [0.25, 0.3) is 10.2 Å². The summed E-state index contributed by atoms with van der Waals surface area (Å²) in [5.74, 6) is 0.943. The summed E-state index contributed by atoms with van der Waals surface area (Å²) in [6.07, 6.45) is 1.67. The molecule has 0 atom stereocenters. The maximum atomic E-state index is 4.53. The summed E-state index contributed by atoms with van der Waals surface area (Å²) in [5.41, 5.74) is 4.03. The van der Waals surface area contributed by atoms with Crippen LogP contribution in [-0.4, -0.2) is 52.5 Å².